The van der Waals surface area contributed by atoms with Gasteiger partial charge in [-0.25, -0.2) is 0 Å². The summed E-state index contributed by atoms with van der Waals surface area (Å²) in [6, 6.07) is 14.0. The van der Waals surface area contributed by atoms with Gasteiger partial charge in [-0.1, -0.05) is 30.3 Å². The summed E-state index contributed by atoms with van der Waals surface area (Å²) in [6.07, 6.45) is 7.57. The third-order valence-corrected chi connectivity index (χ3v) is 3.69. The van der Waals surface area contributed by atoms with Gasteiger partial charge in [0.25, 0.3) is 0 Å². The molecule has 1 aromatic heterocycles. The monoisotopic (exact) mass is 263 g/mol. The van der Waals surface area contributed by atoms with Crippen molar-refractivity contribution in [1.82, 2.24) is 4.98 Å². The molecule has 0 aliphatic heterocycles. The van der Waals surface area contributed by atoms with Crippen molar-refractivity contribution >= 4 is 11.9 Å². The summed E-state index contributed by atoms with van der Waals surface area (Å²) in [7, 11) is 0. The van der Waals surface area contributed by atoms with E-state index in [0.717, 1.165) is 41.7 Å². The van der Waals surface area contributed by atoms with Crippen LogP contribution < -0.4 is 0 Å². The topological polar surface area (TPSA) is 30.0 Å². The zero-order valence-electron chi connectivity index (χ0n) is 11.4. The average Bonchev–Trinajstić information content (AvgIpc) is 2.51. The predicted octanol–water partition coefficient (Wildman–Crippen LogP) is 4.28. The molecule has 1 fully saturated rings. The molecule has 0 unspecified atom stereocenters. The predicted molar refractivity (Wildman–Crippen MR) is 81.1 cm³/mol. The molecule has 0 N–H and O–H groups in total. The highest BCUT2D eigenvalue weighted by Gasteiger charge is 2.15. The van der Waals surface area contributed by atoms with Crippen molar-refractivity contribution in [3.05, 3.63) is 59.8 Å². The number of nitrogens with zero attached hydrogens (tertiary/aromatic N) is 1. The third kappa shape index (κ3) is 2.69. The van der Waals surface area contributed by atoms with Gasteiger partial charge in [-0.3, -0.25) is 9.78 Å². The minimum Gasteiger partial charge on any atom is -0.295 e. The van der Waals surface area contributed by atoms with E-state index < -0.39 is 0 Å². The number of carbonyl (C=O) groups excluding carboxylic acids is 1. The van der Waals surface area contributed by atoms with Crippen molar-refractivity contribution in [3.63, 3.8) is 0 Å². The van der Waals surface area contributed by atoms with Crippen LogP contribution in [0.3, 0.4) is 0 Å². The van der Waals surface area contributed by atoms with Crippen LogP contribution in [0.2, 0.25) is 0 Å². The molecular formula is C18H17NO. The summed E-state index contributed by atoms with van der Waals surface area (Å²) in [4.78, 5) is 16.4. The Kier molecular flexibility index (Phi) is 3.73. The van der Waals surface area contributed by atoms with Gasteiger partial charge in [0.1, 0.15) is 0 Å². The summed E-state index contributed by atoms with van der Waals surface area (Å²) in [5.74, 6) is 0.298. The maximum absolute atomic E-state index is 12.0. The molecule has 0 spiro atoms. The number of aromatic nitrogens is 1. The van der Waals surface area contributed by atoms with Crippen LogP contribution in [0.15, 0.2) is 54.2 Å². The van der Waals surface area contributed by atoms with Crippen LogP contribution in [-0.4, -0.2) is 10.8 Å². The second-order valence-corrected chi connectivity index (χ2v) is 5.10. The van der Waals surface area contributed by atoms with E-state index in [2.05, 4.69) is 17.1 Å². The van der Waals surface area contributed by atoms with Gasteiger partial charge in [0.2, 0.25) is 0 Å². The molecule has 3 rings (SSSR count). The Morgan fingerprint density at radius 2 is 1.75 bits per heavy atom. The van der Waals surface area contributed by atoms with Crippen molar-refractivity contribution in [2.45, 2.75) is 25.7 Å². The van der Waals surface area contributed by atoms with Gasteiger partial charge in [-0.05, 0) is 48.6 Å². The Morgan fingerprint density at radius 3 is 2.55 bits per heavy atom. The van der Waals surface area contributed by atoms with E-state index >= 15 is 0 Å². The van der Waals surface area contributed by atoms with E-state index in [1.165, 1.54) is 0 Å². The number of hydrogen-bond acceptors (Lipinski definition) is 2. The van der Waals surface area contributed by atoms with Crippen LogP contribution in [0.1, 0.15) is 31.2 Å². The van der Waals surface area contributed by atoms with Crippen LogP contribution in [0.25, 0.3) is 17.3 Å². The standard InChI is InChI=1S/C18H17NO/c20-18-11-4-2-8-15(18)13-14-7-1-3-9-16(14)17-10-5-6-12-19-17/h1,3,5-7,9-10,12-13H,2,4,8,11H2/b15-13+. The van der Waals surface area contributed by atoms with E-state index in [0.29, 0.717) is 12.2 Å². The van der Waals surface area contributed by atoms with E-state index in [1.54, 1.807) is 6.20 Å². The first-order valence-corrected chi connectivity index (χ1v) is 7.09. The van der Waals surface area contributed by atoms with Gasteiger partial charge in [0.05, 0.1) is 5.69 Å². The lowest BCUT2D eigenvalue weighted by molar-refractivity contribution is -0.116. The summed E-state index contributed by atoms with van der Waals surface area (Å²) in [6.45, 7) is 0. The molecule has 2 aromatic rings. The number of hydrogen-bond donors (Lipinski definition) is 0. The lowest BCUT2D eigenvalue weighted by atomic mass is 9.91. The quantitative estimate of drug-likeness (QED) is 0.757. The van der Waals surface area contributed by atoms with Gasteiger partial charge in [-0.15, -0.1) is 0 Å². The number of benzene rings is 1. The zero-order chi connectivity index (χ0) is 13.8. The maximum Gasteiger partial charge on any atom is 0.158 e. The molecule has 2 nitrogen and oxygen atoms in total. The lowest BCUT2D eigenvalue weighted by Crippen LogP contribution is -2.08. The summed E-state index contributed by atoms with van der Waals surface area (Å²) >= 11 is 0. The number of ketones is 1. The number of pyridine rings is 1. The Hall–Kier alpha value is -2.22. The second-order valence-electron chi connectivity index (χ2n) is 5.10. The molecule has 0 amide bonds. The van der Waals surface area contributed by atoms with Crippen LogP contribution in [-0.2, 0) is 4.79 Å². The van der Waals surface area contributed by atoms with Gasteiger partial charge < -0.3 is 0 Å². The Labute approximate surface area is 119 Å². The first-order chi connectivity index (χ1) is 9.84. The molecule has 1 aromatic carbocycles. The normalized spacial score (nSPS) is 17.4. The zero-order valence-corrected chi connectivity index (χ0v) is 11.4. The Balaban J connectivity index is 2.02. The molecule has 2 heteroatoms. The highest BCUT2D eigenvalue weighted by molar-refractivity contribution is 6.00. The smallest absolute Gasteiger partial charge is 0.158 e. The van der Waals surface area contributed by atoms with E-state index in [4.69, 9.17) is 0 Å². The number of carbonyl (C=O) groups is 1. The molecule has 0 bridgehead atoms. The molecule has 100 valence electrons. The van der Waals surface area contributed by atoms with Crippen LogP contribution in [0.5, 0.6) is 0 Å². The van der Waals surface area contributed by atoms with Crippen LogP contribution >= 0.6 is 0 Å². The average molecular weight is 263 g/mol. The van der Waals surface area contributed by atoms with Crippen LogP contribution in [0, 0.1) is 0 Å². The van der Waals surface area contributed by atoms with Gasteiger partial charge >= 0.3 is 0 Å². The minimum atomic E-state index is 0.298. The fourth-order valence-corrected chi connectivity index (χ4v) is 2.62. The lowest BCUT2D eigenvalue weighted by Gasteiger charge is -2.13. The van der Waals surface area contributed by atoms with Gasteiger partial charge in [-0.2, -0.15) is 0 Å². The van der Waals surface area contributed by atoms with E-state index in [9.17, 15) is 4.79 Å². The van der Waals surface area contributed by atoms with Crippen molar-refractivity contribution in [1.29, 1.82) is 0 Å². The van der Waals surface area contributed by atoms with Crippen molar-refractivity contribution in [2.24, 2.45) is 0 Å². The van der Waals surface area contributed by atoms with Crippen molar-refractivity contribution in [3.8, 4) is 11.3 Å². The van der Waals surface area contributed by atoms with Crippen molar-refractivity contribution < 1.29 is 4.79 Å². The van der Waals surface area contributed by atoms with Gasteiger partial charge in [0.15, 0.2) is 5.78 Å². The highest BCUT2D eigenvalue weighted by atomic mass is 16.1. The summed E-state index contributed by atoms with van der Waals surface area (Å²) < 4.78 is 0. The summed E-state index contributed by atoms with van der Waals surface area (Å²) in [5.41, 5.74) is 4.07. The van der Waals surface area contributed by atoms with E-state index in [-0.39, 0.29) is 0 Å². The molecule has 1 aliphatic rings. The fourth-order valence-electron chi connectivity index (χ4n) is 2.62. The minimum absolute atomic E-state index is 0.298. The third-order valence-electron chi connectivity index (χ3n) is 3.69. The molecule has 1 saturated carbocycles. The molecule has 0 saturated heterocycles. The first kappa shape index (κ1) is 12.8. The first-order valence-electron chi connectivity index (χ1n) is 7.09. The molecular weight excluding hydrogens is 246 g/mol. The largest absolute Gasteiger partial charge is 0.295 e. The fraction of sp³-hybridized carbons (Fsp3) is 0.222. The molecule has 20 heavy (non-hydrogen) atoms. The Bertz CT molecular complexity index is 643. The second kappa shape index (κ2) is 5.83. The number of rotatable bonds is 2. The van der Waals surface area contributed by atoms with Crippen molar-refractivity contribution in [2.75, 3.05) is 0 Å². The number of allylic oxidation sites excluding steroid dienone is 1. The molecule has 1 aliphatic carbocycles. The maximum atomic E-state index is 12.0. The molecule has 0 atom stereocenters. The van der Waals surface area contributed by atoms with Crippen LogP contribution in [0.4, 0.5) is 0 Å². The number of Topliss-reactive ketones (excluding diaryl/α,β-unsaturated/α-hetero) is 1. The van der Waals surface area contributed by atoms with E-state index in [1.807, 2.05) is 36.4 Å². The SMILES string of the molecule is O=C1CCCC/C1=C\c1ccccc1-c1ccccn1. The highest BCUT2D eigenvalue weighted by Crippen LogP contribution is 2.27. The molecule has 0 radical (unpaired) electrons. The molecule has 1 heterocycles. The van der Waals surface area contributed by atoms with Gasteiger partial charge in [0, 0.05) is 18.2 Å². The Morgan fingerprint density at radius 1 is 0.950 bits per heavy atom. The summed E-state index contributed by atoms with van der Waals surface area (Å²) in [5, 5.41) is 0.